The molecule has 0 aliphatic heterocycles. The zero-order chi connectivity index (χ0) is 34.0. The molecule has 1 unspecified atom stereocenters. The smallest absolute Gasteiger partial charge is 0.408 e. The number of anilines is 2. The number of fused-ring (bicyclic) bond motifs is 2. The number of amides is 3. The molecular weight excluding hydrogens is 594 g/mol. The van der Waals surface area contributed by atoms with E-state index in [9.17, 15) is 34.2 Å². The molecular formula is C33H45N5O8. The van der Waals surface area contributed by atoms with E-state index in [2.05, 4.69) is 26.6 Å². The zero-order valence-corrected chi connectivity index (χ0v) is 27.1. The first-order valence-electron chi connectivity index (χ1n) is 15.6. The molecule has 13 nitrogen and oxygen atoms in total. The van der Waals surface area contributed by atoms with E-state index in [0.29, 0.717) is 38.0 Å². The standard InChI is InChI=1S/C33H45N5O8/c1-6-7-15-35-20-11-13-23(40)27-25(20)29(42)28-24(41)14-12-21(26(28)30(27)43)36-17-18-37-31(44)22(10-8-9-16-34-19(2)39)38-32(45)46-33(3,4)5/h11-14,22,35-36,40-41H,6-10,15-18H2,1-5H3,(H,34,39)(H,37,44)(H,38,45). The number of carbonyl (C=O) groups is 5. The lowest BCUT2D eigenvalue weighted by Gasteiger charge is -2.25. The molecule has 0 fully saturated rings. The van der Waals surface area contributed by atoms with Crippen LogP contribution in [0.1, 0.15) is 98.6 Å². The summed E-state index contributed by atoms with van der Waals surface area (Å²) in [6.45, 7) is 9.80. The van der Waals surface area contributed by atoms with Gasteiger partial charge in [-0.1, -0.05) is 13.3 Å². The van der Waals surface area contributed by atoms with Crippen LogP contribution in [0.15, 0.2) is 24.3 Å². The van der Waals surface area contributed by atoms with Gasteiger partial charge >= 0.3 is 6.09 Å². The normalized spacial score (nSPS) is 12.8. The summed E-state index contributed by atoms with van der Waals surface area (Å²) in [4.78, 5) is 63.9. The second kappa shape index (κ2) is 16.0. The summed E-state index contributed by atoms with van der Waals surface area (Å²) >= 11 is 0. The van der Waals surface area contributed by atoms with Gasteiger partial charge in [0.25, 0.3) is 0 Å². The fourth-order valence-corrected chi connectivity index (χ4v) is 5.02. The van der Waals surface area contributed by atoms with Crippen LogP contribution in [0.2, 0.25) is 0 Å². The minimum absolute atomic E-state index is 0.00826. The van der Waals surface area contributed by atoms with E-state index in [1.165, 1.54) is 31.2 Å². The number of hydrogen-bond donors (Lipinski definition) is 7. The Morgan fingerprint density at radius 1 is 0.761 bits per heavy atom. The molecule has 0 radical (unpaired) electrons. The van der Waals surface area contributed by atoms with E-state index in [0.717, 1.165) is 12.8 Å². The maximum absolute atomic E-state index is 13.7. The molecule has 1 atom stereocenters. The molecule has 2 aromatic carbocycles. The van der Waals surface area contributed by atoms with Crippen molar-refractivity contribution in [3.63, 3.8) is 0 Å². The number of benzene rings is 2. The minimum Gasteiger partial charge on any atom is -0.507 e. The van der Waals surface area contributed by atoms with E-state index < -0.39 is 35.2 Å². The van der Waals surface area contributed by atoms with Gasteiger partial charge in [-0.15, -0.1) is 0 Å². The van der Waals surface area contributed by atoms with Gasteiger partial charge in [0.1, 0.15) is 23.1 Å². The summed E-state index contributed by atoms with van der Waals surface area (Å²) in [5, 5.41) is 35.5. The molecule has 13 heteroatoms. The van der Waals surface area contributed by atoms with Gasteiger partial charge in [0.05, 0.1) is 22.3 Å². The lowest BCUT2D eigenvalue weighted by atomic mass is 9.81. The molecule has 0 heterocycles. The van der Waals surface area contributed by atoms with Crippen molar-refractivity contribution in [3.8, 4) is 11.5 Å². The van der Waals surface area contributed by atoms with Crippen LogP contribution in [-0.2, 0) is 14.3 Å². The van der Waals surface area contributed by atoms with Gasteiger partial charge in [-0.3, -0.25) is 19.2 Å². The number of ether oxygens (including phenoxy) is 1. The molecule has 0 aromatic heterocycles. The van der Waals surface area contributed by atoms with Gasteiger partial charge in [0.2, 0.25) is 23.4 Å². The molecule has 0 saturated heterocycles. The molecule has 0 spiro atoms. The van der Waals surface area contributed by atoms with Crippen LogP contribution in [0.4, 0.5) is 16.2 Å². The molecule has 3 amide bonds. The van der Waals surface area contributed by atoms with Gasteiger partial charge in [0, 0.05) is 44.5 Å². The average Bonchev–Trinajstić information content (AvgIpc) is 2.97. The number of carbonyl (C=O) groups excluding carboxylic acids is 5. The van der Waals surface area contributed by atoms with Crippen molar-refractivity contribution in [2.75, 3.05) is 36.8 Å². The molecule has 3 rings (SSSR count). The van der Waals surface area contributed by atoms with Crippen molar-refractivity contribution in [1.29, 1.82) is 0 Å². The summed E-state index contributed by atoms with van der Waals surface area (Å²) in [5.74, 6) is -2.53. The van der Waals surface area contributed by atoms with Crippen LogP contribution in [0.5, 0.6) is 11.5 Å². The Labute approximate surface area is 268 Å². The maximum atomic E-state index is 13.7. The van der Waals surface area contributed by atoms with Crippen molar-refractivity contribution >= 4 is 40.8 Å². The number of nitrogens with one attached hydrogen (secondary N) is 5. The predicted octanol–water partition coefficient (Wildman–Crippen LogP) is 3.81. The number of alkyl carbamates (subject to hydrolysis) is 1. The van der Waals surface area contributed by atoms with Crippen LogP contribution >= 0.6 is 0 Å². The highest BCUT2D eigenvalue weighted by Gasteiger charge is 2.38. The largest absolute Gasteiger partial charge is 0.507 e. The molecule has 1 aliphatic rings. The van der Waals surface area contributed by atoms with Gasteiger partial charge < -0.3 is 41.5 Å². The highest BCUT2D eigenvalue weighted by Crippen LogP contribution is 2.42. The number of aromatic hydroxyl groups is 2. The first kappa shape index (κ1) is 35.7. The third-order valence-corrected chi connectivity index (χ3v) is 7.16. The van der Waals surface area contributed by atoms with E-state index >= 15 is 0 Å². The zero-order valence-electron chi connectivity index (χ0n) is 27.1. The van der Waals surface area contributed by atoms with Crippen LogP contribution in [0.25, 0.3) is 0 Å². The lowest BCUT2D eigenvalue weighted by molar-refractivity contribution is -0.123. The van der Waals surface area contributed by atoms with E-state index in [4.69, 9.17) is 4.74 Å². The number of phenolic OH excluding ortho intramolecular Hbond substituents is 2. The van der Waals surface area contributed by atoms with Crippen molar-refractivity contribution in [2.45, 2.75) is 78.4 Å². The van der Waals surface area contributed by atoms with E-state index in [1.807, 2.05) is 6.92 Å². The van der Waals surface area contributed by atoms with Crippen molar-refractivity contribution in [2.24, 2.45) is 0 Å². The summed E-state index contributed by atoms with van der Waals surface area (Å²) in [6, 6.07) is 4.76. The third-order valence-electron chi connectivity index (χ3n) is 7.16. The van der Waals surface area contributed by atoms with Crippen LogP contribution in [0.3, 0.4) is 0 Å². The van der Waals surface area contributed by atoms with Crippen molar-refractivity contribution in [1.82, 2.24) is 16.0 Å². The van der Waals surface area contributed by atoms with Crippen LogP contribution in [-0.4, -0.2) is 77.5 Å². The topological polar surface area (TPSA) is 195 Å². The second-order valence-corrected chi connectivity index (χ2v) is 12.1. The Morgan fingerprint density at radius 3 is 1.85 bits per heavy atom. The highest BCUT2D eigenvalue weighted by molar-refractivity contribution is 6.33. The fraction of sp³-hybridized carbons (Fsp3) is 0.485. The van der Waals surface area contributed by atoms with Crippen molar-refractivity contribution < 1.29 is 38.9 Å². The molecule has 250 valence electrons. The van der Waals surface area contributed by atoms with E-state index in [-0.39, 0.29) is 58.4 Å². The van der Waals surface area contributed by atoms with E-state index in [1.54, 1.807) is 20.8 Å². The third kappa shape index (κ3) is 9.35. The number of ketones is 2. The van der Waals surface area contributed by atoms with Crippen molar-refractivity contribution in [3.05, 3.63) is 46.5 Å². The van der Waals surface area contributed by atoms with Gasteiger partial charge in [-0.05, 0) is 70.7 Å². The van der Waals surface area contributed by atoms with Gasteiger partial charge in [-0.2, -0.15) is 0 Å². The summed E-state index contributed by atoms with van der Waals surface area (Å²) < 4.78 is 5.31. The molecule has 46 heavy (non-hydrogen) atoms. The summed E-state index contributed by atoms with van der Waals surface area (Å²) in [5.41, 5.74) is -0.492. The monoisotopic (exact) mass is 639 g/mol. The molecule has 2 aromatic rings. The molecule has 0 saturated carbocycles. The predicted molar refractivity (Wildman–Crippen MR) is 174 cm³/mol. The Kier molecular flexibility index (Phi) is 12.4. The second-order valence-electron chi connectivity index (χ2n) is 12.1. The van der Waals surface area contributed by atoms with Gasteiger partial charge in [-0.25, -0.2) is 4.79 Å². The SMILES string of the molecule is CCCCNc1ccc(O)c2c1C(=O)c1c(O)ccc(NCCNC(=O)C(CCCCNC(C)=O)NC(=O)OC(C)(C)C)c1C2=O. The fourth-order valence-electron chi connectivity index (χ4n) is 5.02. The summed E-state index contributed by atoms with van der Waals surface area (Å²) in [7, 11) is 0. The van der Waals surface area contributed by atoms with Crippen LogP contribution < -0.4 is 26.6 Å². The first-order chi connectivity index (χ1) is 21.7. The highest BCUT2D eigenvalue weighted by atomic mass is 16.6. The number of rotatable bonds is 15. The Bertz CT molecular complexity index is 1470. The Morgan fingerprint density at radius 2 is 1.33 bits per heavy atom. The molecule has 1 aliphatic carbocycles. The number of hydrogen-bond acceptors (Lipinski definition) is 10. The number of phenols is 2. The molecule has 7 N–H and O–H groups in total. The minimum atomic E-state index is -0.896. The quantitative estimate of drug-likeness (QED) is 0.0949. The number of unbranched alkanes of at least 4 members (excludes halogenated alkanes) is 2. The maximum Gasteiger partial charge on any atom is 0.408 e. The first-order valence-corrected chi connectivity index (χ1v) is 15.6. The van der Waals surface area contributed by atoms with Gasteiger partial charge in [0.15, 0.2) is 0 Å². The summed E-state index contributed by atoms with van der Waals surface area (Å²) in [6.07, 6.45) is 2.47. The Hall–Kier alpha value is -4.81. The lowest BCUT2D eigenvalue weighted by Crippen LogP contribution is -2.49. The van der Waals surface area contributed by atoms with Crippen LogP contribution in [0, 0.1) is 0 Å². The average molecular weight is 640 g/mol. The molecule has 0 bridgehead atoms. The Balaban J connectivity index is 1.71.